The van der Waals surface area contributed by atoms with Gasteiger partial charge in [-0.15, -0.1) is 0 Å². The number of nitrogens with two attached hydrogens (primary N) is 1. The number of sulfone groups is 1. The Morgan fingerprint density at radius 3 is 2.62 bits per heavy atom. The topological polar surface area (TPSA) is 69.4 Å². The van der Waals surface area contributed by atoms with Crippen molar-refractivity contribution in [3.63, 3.8) is 0 Å². The smallest absolute Gasteiger partial charge is 0.150 e. The number of ether oxygens (including phenoxy) is 1. The predicted octanol–water partition coefficient (Wildman–Crippen LogP) is -0.213. The normalized spacial score (nSPS) is 32.2. The van der Waals surface area contributed by atoms with Crippen molar-refractivity contribution in [1.82, 2.24) is 0 Å². The first-order valence-electron chi connectivity index (χ1n) is 4.43. The summed E-state index contributed by atoms with van der Waals surface area (Å²) >= 11 is 0. The summed E-state index contributed by atoms with van der Waals surface area (Å²) in [4.78, 5) is 0. The largest absolute Gasteiger partial charge is 0.384 e. The van der Waals surface area contributed by atoms with E-state index in [1.165, 1.54) is 0 Å². The van der Waals surface area contributed by atoms with Crippen LogP contribution in [0, 0.1) is 5.41 Å². The minimum Gasteiger partial charge on any atom is -0.384 e. The number of rotatable bonds is 4. The van der Waals surface area contributed by atoms with E-state index in [9.17, 15) is 8.42 Å². The highest BCUT2D eigenvalue weighted by Gasteiger charge is 2.41. The highest BCUT2D eigenvalue weighted by atomic mass is 32.2. The molecule has 0 radical (unpaired) electrons. The molecule has 2 N–H and O–H groups in total. The Kier molecular flexibility index (Phi) is 3.32. The summed E-state index contributed by atoms with van der Waals surface area (Å²) in [6.07, 6.45) is 1.43. The molecule has 1 rings (SSSR count). The summed E-state index contributed by atoms with van der Waals surface area (Å²) < 4.78 is 27.7. The van der Waals surface area contributed by atoms with Crippen molar-refractivity contribution in [3.8, 4) is 0 Å². The second-order valence-corrected chi connectivity index (χ2v) is 6.00. The summed E-state index contributed by atoms with van der Waals surface area (Å²) in [6, 6.07) is 0. The van der Waals surface area contributed by atoms with Crippen LogP contribution in [0.5, 0.6) is 0 Å². The van der Waals surface area contributed by atoms with Gasteiger partial charge >= 0.3 is 0 Å². The van der Waals surface area contributed by atoms with Crippen LogP contribution in [0.25, 0.3) is 0 Å². The van der Waals surface area contributed by atoms with Crippen molar-refractivity contribution in [2.24, 2.45) is 11.1 Å². The molecule has 1 aliphatic heterocycles. The first kappa shape index (κ1) is 10.9. The van der Waals surface area contributed by atoms with Gasteiger partial charge in [-0.05, 0) is 19.4 Å². The maximum Gasteiger partial charge on any atom is 0.150 e. The Morgan fingerprint density at radius 2 is 2.23 bits per heavy atom. The Labute approximate surface area is 79.4 Å². The average Bonchev–Trinajstić information content (AvgIpc) is 2.28. The third-order valence-corrected chi connectivity index (χ3v) is 4.47. The molecule has 1 fully saturated rings. The lowest BCUT2D eigenvalue weighted by atomic mass is 9.85. The lowest BCUT2D eigenvalue weighted by molar-refractivity contribution is 0.0918. The van der Waals surface area contributed by atoms with Crippen LogP contribution in [0.2, 0.25) is 0 Å². The minimum atomic E-state index is -2.83. The summed E-state index contributed by atoms with van der Waals surface area (Å²) in [7, 11) is -1.23. The molecule has 0 aliphatic carbocycles. The van der Waals surface area contributed by atoms with Crippen LogP contribution in [-0.4, -0.2) is 40.2 Å². The van der Waals surface area contributed by atoms with Gasteiger partial charge in [-0.1, -0.05) is 0 Å². The summed E-state index contributed by atoms with van der Waals surface area (Å²) in [5.74, 6) is 0.529. The molecule has 4 nitrogen and oxygen atoms in total. The molecule has 78 valence electrons. The monoisotopic (exact) mass is 207 g/mol. The van der Waals surface area contributed by atoms with Gasteiger partial charge in [0.1, 0.15) is 0 Å². The van der Waals surface area contributed by atoms with E-state index in [4.69, 9.17) is 10.5 Å². The fourth-order valence-corrected chi connectivity index (χ4v) is 4.17. The van der Waals surface area contributed by atoms with Gasteiger partial charge in [-0.3, -0.25) is 0 Å². The van der Waals surface area contributed by atoms with E-state index in [0.29, 0.717) is 19.6 Å². The van der Waals surface area contributed by atoms with E-state index >= 15 is 0 Å². The van der Waals surface area contributed by atoms with Gasteiger partial charge in [-0.2, -0.15) is 0 Å². The van der Waals surface area contributed by atoms with Gasteiger partial charge in [0.05, 0.1) is 18.1 Å². The third-order valence-electron chi connectivity index (χ3n) is 2.59. The van der Waals surface area contributed by atoms with Crippen LogP contribution in [0.3, 0.4) is 0 Å². The molecule has 5 heteroatoms. The van der Waals surface area contributed by atoms with Crippen LogP contribution in [0.1, 0.15) is 12.8 Å². The second-order valence-electron chi connectivity index (χ2n) is 3.81. The molecule has 0 aromatic rings. The SMILES string of the molecule is COCC1(CCN)CCS(=O)(=O)C1. The number of hydrogen-bond acceptors (Lipinski definition) is 4. The van der Waals surface area contributed by atoms with Crippen molar-refractivity contribution in [1.29, 1.82) is 0 Å². The zero-order valence-corrected chi connectivity index (χ0v) is 8.77. The predicted molar refractivity (Wildman–Crippen MR) is 51.3 cm³/mol. The van der Waals surface area contributed by atoms with E-state index in [-0.39, 0.29) is 16.9 Å². The molecule has 0 aromatic heterocycles. The molecule has 0 aromatic carbocycles. The van der Waals surface area contributed by atoms with Gasteiger partial charge in [-0.25, -0.2) is 8.42 Å². The fraction of sp³-hybridized carbons (Fsp3) is 1.00. The first-order valence-corrected chi connectivity index (χ1v) is 6.25. The maximum absolute atomic E-state index is 11.3. The van der Waals surface area contributed by atoms with Crippen LogP contribution < -0.4 is 5.73 Å². The zero-order valence-electron chi connectivity index (χ0n) is 7.95. The number of hydrogen-bond donors (Lipinski definition) is 1. The van der Waals surface area contributed by atoms with E-state index in [0.717, 1.165) is 6.42 Å². The Balaban J connectivity index is 2.71. The highest BCUT2D eigenvalue weighted by Crippen LogP contribution is 2.35. The third kappa shape index (κ3) is 2.65. The zero-order chi connectivity index (χ0) is 9.95. The van der Waals surface area contributed by atoms with Gasteiger partial charge in [0.15, 0.2) is 9.84 Å². The lowest BCUT2D eigenvalue weighted by Gasteiger charge is -2.25. The lowest BCUT2D eigenvalue weighted by Crippen LogP contribution is -2.30. The van der Waals surface area contributed by atoms with Gasteiger partial charge in [0.25, 0.3) is 0 Å². The summed E-state index contributed by atoms with van der Waals surface area (Å²) in [5.41, 5.74) is 5.26. The Hall–Kier alpha value is -0.130. The molecule has 1 aliphatic rings. The van der Waals surface area contributed by atoms with E-state index in [2.05, 4.69) is 0 Å². The molecule has 1 saturated heterocycles. The number of methoxy groups -OCH3 is 1. The molecule has 1 atom stereocenters. The van der Waals surface area contributed by atoms with E-state index in [1.807, 2.05) is 0 Å². The molecular formula is C8H17NO3S. The van der Waals surface area contributed by atoms with Crippen molar-refractivity contribution in [2.75, 3.05) is 31.8 Å². The van der Waals surface area contributed by atoms with E-state index < -0.39 is 9.84 Å². The molecule has 0 spiro atoms. The quantitative estimate of drug-likeness (QED) is 0.692. The van der Waals surface area contributed by atoms with Crippen LogP contribution in [-0.2, 0) is 14.6 Å². The van der Waals surface area contributed by atoms with E-state index in [1.54, 1.807) is 7.11 Å². The van der Waals surface area contributed by atoms with Gasteiger partial charge in [0, 0.05) is 12.5 Å². The summed E-state index contributed by atoms with van der Waals surface area (Å²) in [6.45, 7) is 1.03. The second kappa shape index (κ2) is 3.94. The fourth-order valence-electron chi connectivity index (χ4n) is 1.98. The minimum absolute atomic E-state index is 0.206. The standard InChI is InChI=1S/C8H17NO3S/c1-12-6-8(2-4-9)3-5-13(10,11)7-8/h2-7,9H2,1H3. The molecule has 13 heavy (non-hydrogen) atoms. The van der Waals surface area contributed by atoms with Crippen molar-refractivity contribution >= 4 is 9.84 Å². The van der Waals surface area contributed by atoms with Gasteiger partial charge < -0.3 is 10.5 Å². The molecule has 0 amide bonds. The Bertz CT molecular complexity index is 255. The maximum atomic E-state index is 11.3. The van der Waals surface area contributed by atoms with Crippen LogP contribution >= 0.6 is 0 Å². The Morgan fingerprint density at radius 1 is 1.54 bits per heavy atom. The van der Waals surface area contributed by atoms with Crippen molar-refractivity contribution < 1.29 is 13.2 Å². The first-order chi connectivity index (χ1) is 6.04. The average molecular weight is 207 g/mol. The van der Waals surface area contributed by atoms with Gasteiger partial charge in [0.2, 0.25) is 0 Å². The van der Waals surface area contributed by atoms with Crippen LogP contribution in [0.15, 0.2) is 0 Å². The van der Waals surface area contributed by atoms with Crippen molar-refractivity contribution in [3.05, 3.63) is 0 Å². The molecule has 1 heterocycles. The summed E-state index contributed by atoms with van der Waals surface area (Å²) in [5, 5.41) is 0. The van der Waals surface area contributed by atoms with Crippen molar-refractivity contribution in [2.45, 2.75) is 12.8 Å². The van der Waals surface area contributed by atoms with Crippen LogP contribution in [0.4, 0.5) is 0 Å². The molecule has 0 bridgehead atoms. The molecular weight excluding hydrogens is 190 g/mol. The highest BCUT2D eigenvalue weighted by molar-refractivity contribution is 7.91. The molecule has 0 saturated carbocycles. The molecule has 1 unspecified atom stereocenters.